The summed E-state index contributed by atoms with van der Waals surface area (Å²) in [5.41, 5.74) is 0. The molecule has 1 aromatic heterocycles. The molecule has 118 valence electrons. The van der Waals surface area contributed by atoms with Crippen LogP contribution in [0.15, 0.2) is 12.1 Å². The van der Waals surface area contributed by atoms with Crippen LogP contribution in [0.25, 0.3) is 10.1 Å². The lowest BCUT2D eigenvalue weighted by molar-refractivity contribution is -0.0584. The second-order valence-corrected chi connectivity index (χ2v) is 7.75. The van der Waals surface area contributed by atoms with Crippen LogP contribution in [0.1, 0.15) is 23.5 Å². The van der Waals surface area contributed by atoms with Gasteiger partial charge in [0, 0.05) is 28.2 Å². The summed E-state index contributed by atoms with van der Waals surface area (Å²) in [7, 11) is 0. The van der Waals surface area contributed by atoms with Gasteiger partial charge in [-0.05, 0) is 26.0 Å². The minimum Gasteiger partial charge on any atom is -0.372 e. The van der Waals surface area contributed by atoms with Crippen LogP contribution in [-0.2, 0) is 4.74 Å². The van der Waals surface area contributed by atoms with E-state index in [1.165, 1.54) is 11.3 Å². The van der Waals surface area contributed by atoms with Gasteiger partial charge in [0.1, 0.15) is 4.88 Å². The van der Waals surface area contributed by atoms with E-state index < -0.39 is 0 Å². The van der Waals surface area contributed by atoms with Crippen LogP contribution in [0.3, 0.4) is 0 Å². The average molecular weight is 379 g/mol. The summed E-state index contributed by atoms with van der Waals surface area (Å²) in [4.78, 5) is 15.1. The molecule has 2 heterocycles. The van der Waals surface area contributed by atoms with Crippen LogP contribution < -0.4 is 0 Å². The van der Waals surface area contributed by atoms with E-state index in [9.17, 15) is 4.79 Å². The average Bonchev–Trinajstić information content (AvgIpc) is 2.73. The number of nitrogens with zero attached hydrogens (tertiary/aromatic N) is 1. The zero-order valence-corrected chi connectivity index (χ0v) is 15.1. The molecule has 1 aliphatic heterocycles. The Balaban J connectivity index is 2.01. The largest absolute Gasteiger partial charge is 0.372 e. The van der Waals surface area contributed by atoms with Crippen LogP contribution >= 0.6 is 46.1 Å². The molecule has 1 amide bonds. The molecule has 1 fully saturated rings. The van der Waals surface area contributed by atoms with Crippen LogP contribution in [0.5, 0.6) is 0 Å². The molecule has 7 heteroatoms. The minimum atomic E-state index is -0.0830. The molecule has 0 radical (unpaired) electrons. The third-order valence-electron chi connectivity index (χ3n) is 3.55. The first-order valence-electron chi connectivity index (χ1n) is 6.88. The molecule has 0 bridgehead atoms. The summed E-state index contributed by atoms with van der Waals surface area (Å²) in [6.45, 7) is 5.03. The lowest BCUT2D eigenvalue weighted by atomic mass is 10.2. The molecule has 1 aromatic carbocycles. The number of benzene rings is 1. The van der Waals surface area contributed by atoms with Crippen molar-refractivity contribution < 1.29 is 9.53 Å². The lowest BCUT2D eigenvalue weighted by Gasteiger charge is -2.35. The first-order chi connectivity index (χ1) is 10.4. The van der Waals surface area contributed by atoms with Gasteiger partial charge in [-0.25, -0.2) is 0 Å². The maximum atomic E-state index is 12.8. The fourth-order valence-electron chi connectivity index (χ4n) is 2.74. The van der Waals surface area contributed by atoms with Gasteiger partial charge >= 0.3 is 0 Å². The van der Waals surface area contributed by atoms with E-state index >= 15 is 0 Å². The number of rotatable bonds is 1. The Bertz CT molecular complexity index is 736. The van der Waals surface area contributed by atoms with Crippen LogP contribution in [-0.4, -0.2) is 36.1 Å². The number of carbonyl (C=O) groups excluding carboxylic acids is 1. The molecule has 0 aliphatic carbocycles. The lowest BCUT2D eigenvalue weighted by Crippen LogP contribution is -2.48. The highest BCUT2D eigenvalue weighted by Gasteiger charge is 2.29. The smallest absolute Gasteiger partial charge is 0.265 e. The standard InChI is InChI=1S/C15H14Cl3NO2S/c1-7-5-19(6-8(2)21-7)15(20)14-13(18)12-10(17)3-9(16)4-11(12)22-14/h3-4,7-8H,5-6H2,1-2H3/t7-,8-/m1/s1. The number of carbonyl (C=O) groups is 1. The van der Waals surface area contributed by atoms with Crippen molar-refractivity contribution in [1.29, 1.82) is 0 Å². The number of thiophene rings is 1. The predicted octanol–water partition coefficient (Wildman–Crippen LogP) is 5.11. The van der Waals surface area contributed by atoms with Crippen molar-refractivity contribution in [3.63, 3.8) is 0 Å². The molecular formula is C15H14Cl3NO2S. The van der Waals surface area contributed by atoms with E-state index in [0.717, 1.165) is 4.70 Å². The minimum absolute atomic E-state index is 0.0129. The first-order valence-corrected chi connectivity index (χ1v) is 8.83. The highest BCUT2D eigenvalue weighted by atomic mass is 35.5. The number of morpholine rings is 1. The Morgan fingerprint density at radius 2 is 1.86 bits per heavy atom. The molecule has 22 heavy (non-hydrogen) atoms. The second-order valence-electron chi connectivity index (χ2n) is 5.47. The van der Waals surface area contributed by atoms with Crippen molar-refractivity contribution in [3.8, 4) is 0 Å². The Labute approximate surface area is 147 Å². The van der Waals surface area contributed by atoms with E-state index in [0.29, 0.717) is 38.4 Å². The normalized spacial score (nSPS) is 22.3. The molecule has 2 atom stereocenters. The molecule has 3 nitrogen and oxygen atoms in total. The summed E-state index contributed by atoms with van der Waals surface area (Å²) in [5, 5.41) is 2.09. The quantitative estimate of drug-likeness (QED) is 0.690. The van der Waals surface area contributed by atoms with Gasteiger partial charge in [0.15, 0.2) is 0 Å². The molecule has 0 unspecified atom stereocenters. The number of ether oxygens (including phenoxy) is 1. The predicted molar refractivity (Wildman–Crippen MR) is 92.8 cm³/mol. The van der Waals surface area contributed by atoms with Crippen LogP contribution in [0.2, 0.25) is 15.1 Å². The molecular weight excluding hydrogens is 365 g/mol. The van der Waals surface area contributed by atoms with Crippen molar-refractivity contribution >= 4 is 62.1 Å². The van der Waals surface area contributed by atoms with E-state index in [-0.39, 0.29) is 18.1 Å². The summed E-state index contributed by atoms with van der Waals surface area (Å²) < 4.78 is 6.48. The maximum absolute atomic E-state index is 12.8. The van der Waals surface area contributed by atoms with Crippen LogP contribution in [0.4, 0.5) is 0 Å². The van der Waals surface area contributed by atoms with E-state index in [1.54, 1.807) is 17.0 Å². The third kappa shape index (κ3) is 2.95. The summed E-state index contributed by atoms with van der Waals surface area (Å²) in [5.74, 6) is -0.0830. The van der Waals surface area contributed by atoms with Gasteiger partial charge in [0.2, 0.25) is 0 Å². The molecule has 0 N–H and O–H groups in total. The highest BCUT2D eigenvalue weighted by molar-refractivity contribution is 7.21. The van der Waals surface area contributed by atoms with Crippen molar-refractivity contribution in [2.75, 3.05) is 13.1 Å². The Morgan fingerprint density at radius 3 is 2.50 bits per heavy atom. The van der Waals surface area contributed by atoms with Crippen LogP contribution in [0, 0.1) is 0 Å². The van der Waals surface area contributed by atoms with Gasteiger partial charge in [0.25, 0.3) is 5.91 Å². The number of hydrogen-bond donors (Lipinski definition) is 0. The second kappa shape index (κ2) is 6.17. The monoisotopic (exact) mass is 377 g/mol. The van der Waals surface area contributed by atoms with Crippen molar-refractivity contribution in [2.24, 2.45) is 0 Å². The van der Waals surface area contributed by atoms with Gasteiger partial charge in [-0.15, -0.1) is 11.3 Å². The fraction of sp³-hybridized carbons (Fsp3) is 0.400. The first kappa shape index (κ1) is 16.3. The molecule has 0 spiro atoms. The van der Waals surface area contributed by atoms with Gasteiger partial charge in [-0.2, -0.15) is 0 Å². The number of amides is 1. The van der Waals surface area contributed by atoms with Gasteiger partial charge in [-0.3, -0.25) is 4.79 Å². The topological polar surface area (TPSA) is 29.5 Å². The van der Waals surface area contributed by atoms with E-state index in [2.05, 4.69) is 0 Å². The summed E-state index contributed by atoms with van der Waals surface area (Å²) in [6, 6.07) is 3.41. The number of halogens is 3. The van der Waals surface area contributed by atoms with E-state index in [1.807, 2.05) is 13.8 Å². The van der Waals surface area contributed by atoms with Crippen molar-refractivity contribution in [1.82, 2.24) is 4.90 Å². The van der Waals surface area contributed by atoms with Gasteiger partial charge in [-0.1, -0.05) is 34.8 Å². The molecule has 2 aromatic rings. The zero-order valence-electron chi connectivity index (χ0n) is 12.0. The fourth-order valence-corrected chi connectivity index (χ4v) is 5.08. The number of hydrogen-bond acceptors (Lipinski definition) is 3. The Kier molecular flexibility index (Phi) is 4.59. The van der Waals surface area contributed by atoms with E-state index in [4.69, 9.17) is 39.5 Å². The van der Waals surface area contributed by atoms with Gasteiger partial charge < -0.3 is 9.64 Å². The van der Waals surface area contributed by atoms with Crippen molar-refractivity contribution in [3.05, 3.63) is 32.1 Å². The third-order valence-corrected chi connectivity index (χ3v) is 5.68. The molecule has 1 aliphatic rings. The highest BCUT2D eigenvalue weighted by Crippen LogP contribution is 2.41. The molecule has 3 rings (SSSR count). The van der Waals surface area contributed by atoms with Crippen molar-refractivity contribution in [2.45, 2.75) is 26.1 Å². The van der Waals surface area contributed by atoms with Gasteiger partial charge in [0.05, 0.1) is 22.3 Å². The number of fused-ring (bicyclic) bond motifs is 1. The molecule has 1 saturated heterocycles. The summed E-state index contributed by atoms with van der Waals surface area (Å²) in [6.07, 6.45) is 0.0257. The SMILES string of the molecule is C[C@@H]1CN(C(=O)c2sc3cc(Cl)cc(Cl)c3c2Cl)C[C@@H](C)O1. The Hall–Kier alpha value is -0.520. The Morgan fingerprint density at radius 1 is 1.23 bits per heavy atom. The zero-order chi connectivity index (χ0) is 16.0. The maximum Gasteiger partial charge on any atom is 0.265 e. The molecule has 0 saturated carbocycles. The summed E-state index contributed by atoms with van der Waals surface area (Å²) >= 11 is 20.0.